The molecule has 4 heterocycles. The predicted molar refractivity (Wildman–Crippen MR) is 228 cm³/mol. The highest BCUT2D eigenvalue weighted by atomic mass is 19.4. The summed E-state index contributed by atoms with van der Waals surface area (Å²) in [4.78, 5) is 33.2. The zero-order chi connectivity index (χ0) is 45.9. The highest BCUT2D eigenvalue weighted by Crippen LogP contribution is 2.35. The smallest absolute Gasteiger partial charge is 0.416 e. The van der Waals surface area contributed by atoms with Crippen LogP contribution in [-0.4, -0.2) is 70.9 Å². The molecule has 4 aromatic heterocycles. The van der Waals surface area contributed by atoms with Gasteiger partial charge in [-0.2, -0.15) is 36.3 Å². The molecule has 8 rings (SSSR count). The predicted octanol–water partition coefficient (Wildman–Crippen LogP) is 8.77. The molecule has 1 atom stereocenters. The second kappa shape index (κ2) is 18.1. The highest BCUT2D eigenvalue weighted by molar-refractivity contribution is 5.94. The van der Waals surface area contributed by atoms with Gasteiger partial charge in [-0.15, -0.1) is 10.2 Å². The average molecular weight is 895 g/mol. The van der Waals surface area contributed by atoms with Crippen LogP contribution in [0, 0.1) is 0 Å². The molecule has 14 nitrogen and oxygen atoms in total. The third-order valence-electron chi connectivity index (χ3n) is 10.2. The molecule has 1 unspecified atom stereocenters. The normalized spacial score (nSPS) is 12.4. The van der Waals surface area contributed by atoms with Crippen molar-refractivity contribution >= 4 is 46.4 Å². The number of nitrogens with one attached hydrogen (secondary N) is 4. The topological polar surface area (TPSA) is 183 Å². The van der Waals surface area contributed by atoms with Gasteiger partial charge < -0.3 is 31.5 Å². The SMILES string of the molecule is O=C(O)c1ccc(Nc2nc3c(-c4cccc(C(F)(F)F)c4)ccc(C(O)CNCCCNC(=O)c4ccc(Nc5nc6c(-c7cccc(C(F)(F)F)c7)cccn6n5)cc4)n3n2)cc1. The molecule has 65 heavy (non-hydrogen) atoms. The van der Waals surface area contributed by atoms with Crippen molar-refractivity contribution in [2.45, 2.75) is 24.9 Å². The Kier molecular flexibility index (Phi) is 12.2. The zero-order valence-corrected chi connectivity index (χ0v) is 33.7. The molecule has 4 aromatic carbocycles. The first-order valence-electron chi connectivity index (χ1n) is 19.9. The minimum atomic E-state index is -4.58. The number of pyridine rings is 2. The van der Waals surface area contributed by atoms with E-state index in [1.165, 1.54) is 51.5 Å². The maximum Gasteiger partial charge on any atom is 0.416 e. The number of carboxylic acid groups (broad SMARTS) is 1. The molecule has 0 bridgehead atoms. The lowest BCUT2D eigenvalue weighted by atomic mass is 10.0. The van der Waals surface area contributed by atoms with Gasteiger partial charge in [0.25, 0.3) is 5.91 Å². The number of rotatable bonds is 15. The monoisotopic (exact) mass is 894 g/mol. The van der Waals surface area contributed by atoms with Gasteiger partial charge in [0.2, 0.25) is 11.9 Å². The van der Waals surface area contributed by atoms with E-state index in [2.05, 4.69) is 41.4 Å². The largest absolute Gasteiger partial charge is 0.478 e. The number of halogens is 6. The molecular weight excluding hydrogens is 859 g/mol. The second-order valence-electron chi connectivity index (χ2n) is 14.7. The van der Waals surface area contributed by atoms with Gasteiger partial charge >= 0.3 is 18.3 Å². The van der Waals surface area contributed by atoms with Crippen LogP contribution in [-0.2, 0) is 12.4 Å². The fraction of sp³-hybridized carbons (Fsp3) is 0.156. The Bertz CT molecular complexity index is 3010. The molecule has 6 N–H and O–H groups in total. The van der Waals surface area contributed by atoms with Crippen LogP contribution in [0.15, 0.2) is 128 Å². The zero-order valence-electron chi connectivity index (χ0n) is 33.7. The Morgan fingerprint density at radius 1 is 0.646 bits per heavy atom. The summed E-state index contributed by atoms with van der Waals surface area (Å²) in [6.07, 6.45) is -8.11. The average Bonchev–Trinajstić information content (AvgIpc) is 3.91. The number of carboxylic acids is 1. The first-order valence-corrected chi connectivity index (χ1v) is 19.9. The van der Waals surface area contributed by atoms with Gasteiger partial charge in [-0.1, -0.05) is 24.3 Å². The van der Waals surface area contributed by atoms with Crippen LogP contribution in [0.2, 0.25) is 0 Å². The van der Waals surface area contributed by atoms with Gasteiger partial charge in [-0.25, -0.2) is 13.8 Å². The van der Waals surface area contributed by atoms with Gasteiger partial charge in [0, 0.05) is 47.4 Å². The number of aromatic nitrogens is 6. The number of nitrogens with zero attached hydrogens (tertiary/aromatic N) is 6. The number of alkyl halides is 6. The Hall–Kier alpha value is -7.84. The van der Waals surface area contributed by atoms with Gasteiger partial charge in [0.1, 0.15) is 6.10 Å². The van der Waals surface area contributed by atoms with E-state index in [0.29, 0.717) is 58.8 Å². The summed E-state index contributed by atoms with van der Waals surface area (Å²) in [5.74, 6) is -1.19. The maximum atomic E-state index is 13.6. The highest BCUT2D eigenvalue weighted by Gasteiger charge is 2.32. The third-order valence-corrected chi connectivity index (χ3v) is 10.2. The van der Waals surface area contributed by atoms with Gasteiger partial charge in [-0.3, -0.25) is 4.79 Å². The summed E-state index contributed by atoms with van der Waals surface area (Å²) >= 11 is 0. The van der Waals surface area contributed by atoms with Gasteiger partial charge in [0.15, 0.2) is 11.3 Å². The van der Waals surface area contributed by atoms with Crippen molar-refractivity contribution in [3.05, 3.63) is 155 Å². The molecule has 0 fully saturated rings. The summed E-state index contributed by atoms with van der Waals surface area (Å²) in [5, 5.41) is 41.4. The van der Waals surface area contributed by atoms with E-state index >= 15 is 0 Å². The van der Waals surface area contributed by atoms with Crippen LogP contribution < -0.4 is 21.3 Å². The fourth-order valence-corrected chi connectivity index (χ4v) is 6.94. The summed E-state index contributed by atoms with van der Waals surface area (Å²) in [7, 11) is 0. The Labute approximate surface area is 364 Å². The van der Waals surface area contributed by atoms with Crippen LogP contribution >= 0.6 is 0 Å². The molecule has 1 amide bonds. The minimum Gasteiger partial charge on any atom is -0.478 e. The molecule has 20 heteroatoms. The van der Waals surface area contributed by atoms with Crippen molar-refractivity contribution in [1.82, 2.24) is 39.8 Å². The number of carbonyl (C=O) groups is 2. The van der Waals surface area contributed by atoms with Crippen molar-refractivity contribution in [1.29, 1.82) is 0 Å². The van der Waals surface area contributed by atoms with E-state index in [-0.39, 0.29) is 46.8 Å². The molecule has 8 aromatic rings. The minimum absolute atomic E-state index is 0.0490. The lowest BCUT2D eigenvalue weighted by molar-refractivity contribution is -0.138. The van der Waals surface area contributed by atoms with E-state index in [1.54, 1.807) is 60.8 Å². The van der Waals surface area contributed by atoms with E-state index in [0.717, 1.165) is 24.3 Å². The Balaban J connectivity index is 0.865. The van der Waals surface area contributed by atoms with Crippen molar-refractivity contribution in [3.8, 4) is 22.3 Å². The lowest BCUT2D eigenvalue weighted by Gasteiger charge is -2.15. The summed E-state index contributed by atoms with van der Waals surface area (Å²) < 4.78 is 83.7. The number of amides is 1. The number of benzene rings is 4. The van der Waals surface area contributed by atoms with Crippen LogP contribution in [0.25, 0.3) is 33.5 Å². The fourth-order valence-electron chi connectivity index (χ4n) is 6.94. The van der Waals surface area contributed by atoms with Gasteiger partial charge in [-0.05, 0) is 121 Å². The van der Waals surface area contributed by atoms with Crippen molar-refractivity contribution in [2.75, 3.05) is 30.3 Å². The summed E-state index contributed by atoms with van der Waals surface area (Å²) in [5.41, 5.74) is 1.96. The summed E-state index contributed by atoms with van der Waals surface area (Å²) in [6.45, 7) is 0.736. The second-order valence-corrected chi connectivity index (χ2v) is 14.7. The molecular formula is C45H36F6N10O4. The van der Waals surface area contributed by atoms with E-state index in [1.807, 2.05) is 0 Å². The number of fused-ring (bicyclic) bond motifs is 2. The van der Waals surface area contributed by atoms with Crippen molar-refractivity contribution in [3.63, 3.8) is 0 Å². The van der Waals surface area contributed by atoms with Crippen LogP contribution in [0.1, 0.15) is 50.1 Å². The van der Waals surface area contributed by atoms with E-state index in [4.69, 9.17) is 0 Å². The molecule has 332 valence electrons. The van der Waals surface area contributed by atoms with Crippen LogP contribution in [0.4, 0.5) is 49.6 Å². The van der Waals surface area contributed by atoms with Gasteiger partial charge in [0.05, 0.1) is 22.4 Å². The quantitative estimate of drug-likeness (QED) is 0.0427. The van der Waals surface area contributed by atoms with E-state index in [9.17, 15) is 46.1 Å². The first kappa shape index (κ1) is 43.8. The number of aliphatic hydroxyl groups excluding tert-OH is 1. The number of aromatic carboxylic acids is 1. The number of anilines is 4. The summed E-state index contributed by atoms with van der Waals surface area (Å²) in [6, 6.07) is 28.5. The molecule has 0 aliphatic carbocycles. The molecule has 0 saturated carbocycles. The first-order chi connectivity index (χ1) is 31.1. The van der Waals surface area contributed by atoms with Crippen molar-refractivity contribution in [2.24, 2.45) is 0 Å². The molecule has 0 saturated heterocycles. The van der Waals surface area contributed by atoms with Crippen LogP contribution in [0.3, 0.4) is 0 Å². The lowest BCUT2D eigenvalue weighted by Crippen LogP contribution is -2.29. The Morgan fingerprint density at radius 2 is 1.22 bits per heavy atom. The molecule has 0 aliphatic heterocycles. The van der Waals surface area contributed by atoms with E-state index < -0.39 is 35.6 Å². The number of hydrogen-bond acceptors (Lipinski definition) is 10. The third kappa shape index (κ3) is 10.0. The maximum absolute atomic E-state index is 13.6. The number of aliphatic hydroxyl groups is 1. The molecule has 0 aliphatic rings. The molecule has 0 radical (unpaired) electrons. The van der Waals surface area contributed by atoms with Crippen LogP contribution in [0.5, 0.6) is 0 Å². The van der Waals surface area contributed by atoms with Crippen molar-refractivity contribution < 1.29 is 46.1 Å². The Morgan fingerprint density at radius 3 is 1.82 bits per heavy atom. The standard InChI is InChI=1S/C45H36F6N10O4/c46-44(47,48)30-7-1-5-28(23-30)34-9-3-22-60-38(34)56-42(58-60)54-32-14-10-26(11-15-32)40(63)53-21-4-20-52-25-37(62)36-19-18-35(29-6-2-8-31(24-29)45(49,50)51)39-57-43(59-61(36)39)55-33-16-12-27(13-17-33)41(64)65/h1-3,5-19,22-24,37,52,62H,4,20-21,25H2,(H,53,63)(H,54,58)(H,55,59)(H,64,65). The molecule has 0 spiro atoms. The number of hydrogen-bond donors (Lipinski definition) is 6. The number of carbonyl (C=O) groups excluding carboxylic acids is 1.